The van der Waals surface area contributed by atoms with Crippen LogP contribution in [-0.4, -0.2) is 31.1 Å². The first kappa shape index (κ1) is 23.4. The Kier molecular flexibility index (Phi) is 6.52. The van der Waals surface area contributed by atoms with Gasteiger partial charge in [0.1, 0.15) is 0 Å². The van der Waals surface area contributed by atoms with E-state index in [9.17, 15) is 18.0 Å². The molecule has 2 aliphatic rings. The number of rotatable bonds is 6. The molecule has 1 heterocycles. The van der Waals surface area contributed by atoms with E-state index in [1.807, 2.05) is 30.3 Å². The fourth-order valence-corrected chi connectivity index (χ4v) is 4.85. The Balaban J connectivity index is 1.11. The highest BCUT2D eigenvalue weighted by atomic mass is 19.4. The van der Waals surface area contributed by atoms with Gasteiger partial charge in [-0.05, 0) is 67.3 Å². The fraction of sp³-hybridized carbons (Fsp3) is 0.321. The van der Waals surface area contributed by atoms with E-state index in [-0.39, 0.29) is 5.56 Å². The number of hydrogen-bond acceptors (Lipinski definition) is 3. The zero-order valence-corrected chi connectivity index (χ0v) is 19.3. The maximum atomic E-state index is 12.9. The normalized spacial score (nSPS) is 20.5. The summed E-state index contributed by atoms with van der Waals surface area (Å²) in [5.74, 6) is -0.105. The third kappa shape index (κ3) is 5.68. The van der Waals surface area contributed by atoms with E-state index < -0.39 is 17.6 Å². The Morgan fingerprint density at radius 3 is 2.29 bits per heavy atom. The molecule has 3 aromatic carbocycles. The number of carbonyl (C=O) groups is 1. The van der Waals surface area contributed by atoms with Gasteiger partial charge in [0.25, 0.3) is 5.91 Å². The zero-order chi connectivity index (χ0) is 24.4. The number of halogens is 3. The van der Waals surface area contributed by atoms with Gasteiger partial charge in [0, 0.05) is 48.0 Å². The lowest BCUT2D eigenvalue weighted by Gasteiger charge is -2.34. The Hall–Kier alpha value is -3.32. The number of benzene rings is 3. The number of amides is 1. The summed E-state index contributed by atoms with van der Waals surface area (Å²) in [6.45, 7) is 2.11. The van der Waals surface area contributed by atoms with Crippen LogP contribution in [0.2, 0.25) is 0 Å². The van der Waals surface area contributed by atoms with Crippen LogP contribution in [0.3, 0.4) is 0 Å². The lowest BCUT2D eigenvalue weighted by Crippen LogP contribution is -2.43. The quantitative estimate of drug-likeness (QED) is 0.451. The van der Waals surface area contributed by atoms with Gasteiger partial charge in [0.15, 0.2) is 0 Å². The van der Waals surface area contributed by atoms with Crippen molar-refractivity contribution in [2.75, 3.05) is 23.3 Å². The van der Waals surface area contributed by atoms with Gasteiger partial charge in [-0.2, -0.15) is 13.2 Å². The first-order valence-electron chi connectivity index (χ1n) is 12.0. The highest BCUT2D eigenvalue weighted by Crippen LogP contribution is 2.42. The molecule has 0 aromatic heterocycles. The van der Waals surface area contributed by atoms with Gasteiger partial charge in [-0.3, -0.25) is 4.79 Å². The molecule has 1 saturated heterocycles. The van der Waals surface area contributed by atoms with Crippen LogP contribution in [0.5, 0.6) is 0 Å². The van der Waals surface area contributed by atoms with Crippen molar-refractivity contribution in [2.45, 2.75) is 43.4 Å². The predicted molar refractivity (Wildman–Crippen MR) is 132 cm³/mol. The summed E-state index contributed by atoms with van der Waals surface area (Å²) in [6.07, 6.45) is -1.14. The fourth-order valence-electron chi connectivity index (χ4n) is 4.85. The first-order valence-corrected chi connectivity index (χ1v) is 12.0. The van der Waals surface area contributed by atoms with Gasteiger partial charge in [0.2, 0.25) is 0 Å². The molecule has 182 valence electrons. The second-order valence-electron chi connectivity index (χ2n) is 9.37. The molecule has 2 N–H and O–H groups in total. The van der Waals surface area contributed by atoms with Gasteiger partial charge < -0.3 is 15.5 Å². The van der Waals surface area contributed by atoms with Crippen molar-refractivity contribution in [1.82, 2.24) is 5.32 Å². The minimum atomic E-state index is -4.48. The maximum Gasteiger partial charge on any atom is 0.416 e. The molecular formula is C28H28F3N3O. The van der Waals surface area contributed by atoms with Gasteiger partial charge >= 0.3 is 6.18 Å². The van der Waals surface area contributed by atoms with Crippen molar-refractivity contribution >= 4 is 17.3 Å². The van der Waals surface area contributed by atoms with E-state index >= 15 is 0 Å². The van der Waals surface area contributed by atoms with E-state index in [1.54, 1.807) is 0 Å². The first-order chi connectivity index (χ1) is 16.9. The second kappa shape index (κ2) is 9.74. The summed E-state index contributed by atoms with van der Waals surface area (Å²) in [6, 6.07) is 23.6. The molecule has 1 saturated carbocycles. The predicted octanol–water partition coefficient (Wildman–Crippen LogP) is 6.07. The average Bonchev–Trinajstić information content (AvgIpc) is 3.64. The largest absolute Gasteiger partial charge is 0.416 e. The van der Waals surface area contributed by atoms with Crippen molar-refractivity contribution in [2.24, 2.45) is 0 Å². The van der Waals surface area contributed by atoms with Gasteiger partial charge in [-0.1, -0.05) is 36.4 Å². The molecule has 1 amide bonds. The molecule has 3 aromatic rings. The minimum absolute atomic E-state index is 0.0197. The third-order valence-corrected chi connectivity index (χ3v) is 6.91. The molecule has 35 heavy (non-hydrogen) atoms. The smallest absolute Gasteiger partial charge is 0.371 e. The van der Waals surface area contributed by atoms with Crippen LogP contribution in [0.25, 0.3) is 0 Å². The lowest BCUT2D eigenvalue weighted by atomic mass is 10.0. The van der Waals surface area contributed by atoms with Crippen molar-refractivity contribution in [1.29, 1.82) is 0 Å². The number of anilines is 2. The summed E-state index contributed by atoms with van der Waals surface area (Å²) >= 11 is 0. The Labute approximate surface area is 203 Å². The Bertz CT molecular complexity index is 1160. The summed E-state index contributed by atoms with van der Waals surface area (Å²) in [4.78, 5) is 14.9. The number of piperidine rings is 1. The van der Waals surface area contributed by atoms with Crippen molar-refractivity contribution in [3.05, 3.63) is 95.6 Å². The standard InChI is InChI=1S/C28H28F3N3O/c29-28(30,31)21-6-4-5-20(17-21)27(35)33-22-11-9-19(10-12-22)25-18-26(25)32-23-13-15-34(16-14-23)24-7-2-1-3-8-24/h1-12,17,23,25-26,32H,13-16,18H2,(H,33,35). The van der Waals surface area contributed by atoms with Crippen LogP contribution in [0, 0.1) is 0 Å². The summed E-state index contributed by atoms with van der Waals surface area (Å²) in [5, 5.41) is 6.50. The van der Waals surface area contributed by atoms with E-state index in [0.717, 1.165) is 44.5 Å². The monoisotopic (exact) mass is 479 g/mol. The van der Waals surface area contributed by atoms with E-state index in [2.05, 4.69) is 39.8 Å². The number of carbonyl (C=O) groups excluding carboxylic acids is 1. The average molecular weight is 480 g/mol. The van der Waals surface area contributed by atoms with Crippen molar-refractivity contribution < 1.29 is 18.0 Å². The van der Waals surface area contributed by atoms with Crippen LogP contribution in [0.15, 0.2) is 78.9 Å². The van der Waals surface area contributed by atoms with E-state index in [0.29, 0.717) is 23.7 Å². The van der Waals surface area contributed by atoms with E-state index in [1.165, 1.54) is 23.4 Å². The topological polar surface area (TPSA) is 44.4 Å². The van der Waals surface area contributed by atoms with Crippen LogP contribution in [0.1, 0.15) is 46.7 Å². The molecule has 7 heteroatoms. The molecule has 4 nitrogen and oxygen atoms in total. The van der Waals surface area contributed by atoms with Crippen LogP contribution < -0.4 is 15.5 Å². The Morgan fingerprint density at radius 1 is 0.886 bits per heavy atom. The number of alkyl halides is 3. The molecule has 2 fully saturated rings. The molecular weight excluding hydrogens is 451 g/mol. The molecule has 1 aliphatic heterocycles. The number of nitrogens with zero attached hydrogens (tertiary/aromatic N) is 1. The molecule has 0 bridgehead atoms. The summed E-state index contributed by atoms with van der Waals surface area (Å²) in [7, 11) is 0. The van der Waals surface area contributed by atoms with Crippen LogP contribution in [-0.2, 0) is 6.18 Å². The van der Waals surface area contributed by atoms with Gasteiger partial charge in [0.05, 0.1) is 5.56 Å². The summed E-state index contributed by atoms with van der Waals surface area (Å²) in [5.41, 5.74) is 2.21. The van der Waals surface area contributed by atoms with Crippen molar-refractivity contribution in [3.63, 3.8) is 0 Å². The zero-order valence-electron chi connectivity index (χ0n) is 19.3. The highest BCUT2D eigenvalue weighted by molar-refractivity contribution is 6.04. The molecule has 5 rings (SSSR count). The van der Waals surface area contributed by atoms with Crippen LogP contribution >= 0.6 is 0 Å². The highest BCUT2D eigenvalue weighted by Gasteiger charge is 2.39. The van der Waals surface area contributed by atoms with E-state index in [4.69, 9.17) is 0 Å². The Morgan fingerprint density at radius 2 is 1.60 bits per heavy atom. The maximum absolute atomic E-state index is 12.9. The van der Waals surface area contributed by atoms with Crippen molar-refractivity contribution in [3.8, 4) is 0 Å². The summed E-state index contributed by atoms with van der Waals surface area (Å²) < 4.78 is 38.7. The molecule has 1 aliphatic carbocycles. The molecule has 2 unspecified atom stereocenters. The second-order valence-corrected chi connectivity index (χ2v) is 9.37. The molecule has 0 radical (unpaired) electrons. The molecule has 2 atom stereocenters. The van der Waals surface area contributed by atoms with Gasteiger partial charge in [-0.25, -0.2) is 0 Å². The number of para-hydroxylation sites is 1. The SMILES string of the molecule is O=C(Nc1ccc(C2CC2NC2CCN(c3ccccc3)CC2)cc1)c1cccc(C(F)(F)F)c1. The number of nitrogens with one attached hydrogen (secondary N) is 2. The minimum Gasteiger partial charge on any atom is -0.371 e. The van der Waals surface area contributed by atoms with Crippen LogP contribution in [0.4, 0.5) is 24.5 Å². The lowest BCUT2D eigenvalue weighted by molar-refractivity contribution is -0.137. The third-order valence-electron chi connectivity index (χ3n) is 6.91. The molecule has 0 spiro atoms. The van der Waals surface area contributed by atoms with Gasteiger partial charge in [-0.15, -0.1) is 0 Å². The number of hydrogen-bond donors (Lipinski definition) is 2.